The summed E-state index contributed by atoms with van der Waals surface area (Å²) in [4.78, 5) is 14.4. The predicted molar refractivity (Wildman–Crippen MR) is 96.5 cm³/mol. The van der Waals surface area contributed by atoms with Crippen LogP contribution in [0.25, 0.3) is 0 Å². The van der Waals surface area contributed by atoms with Crippen LogP contribution in [0.3, 0.4) is 0 Å². The van der Waals surface area contributed by atoms with E-state index in [0.717, 1.165) is 5.56 Å². The molecule has 1 aliphatic rings. The molecule has 0 N–H and O–H groups in total. The first kappa shape index (κ1) is 18.3. The Kier molecular flexibility index (Phi) is 5.41. The molecule has 1 fully saturated rings. The number of rotatable bonds is 5. The molecule has 0 radical (unpaired) electrons. The fourth-order valence-corrected chi connectivity index (χ4v) is 4.99. The number of benzene rings is 1. The summed E-state index contributed by atoms with van der Waals surface area (Å²) in [7, 11) is -3.10. The molecule has 5 nitrogen and oxygen atoms in total. The molecule has 0 spiro atoms. The van der Waals surface area contributed by atoms with Crippen molar-refractivity contribution in [2.45, 2.75) is 25.4 Å². The highest BCUT2D eigenvalue weighted by molar-refractivity contribution is 7.91. The highest BCUT2D eigenvalue weighted by Crippen LogP contribution is 2.25. The maximum atomic E-state index is 12.8. The largest absolute Gasteiger partial charge is 0.467 e. The lowest BCUT2D eigenvalue weighted by molar-refractivity contribution is -0.133. The van der Waals surface area contributed by atoms with Crippen molar-refractivity contribution < 1.29 is 17.6 Å². The monoisotopic (exact) mass is 401 g/mol. The number of hydrogen-bond donors (Lipinski definition) is 0. The molecule has 0 saturated carbocycles. The molecule has 1 saturated heterocycles. The van der Waals surface area contributed by atoms with Crippen LogP contribution in [0.2, 0.25) is 10.0 Å². The number of carbonyl (C=O) groups excluding carboxylic acids is 1. The highest BCUT2D eigenvalue weighted by Gasteiger charge is 2.35. The zero-order chi connectivity index (χ0) is 18.0. The second kappa shape index (κ2) is 7.40. The number of amides is 1. The Balaban J connectivity index is 1.80. The summed E-state index contributed by atoms with van der Waals surface area (Å²) >= 11 is 11.9. The normalized spacial score (nSPS) is 19.0. The van der Waals surface area contributed by atoms with E-state index in [1.54, 1.807) is 35.2 Å². The molecule has 2 aromatic rings. The first-order valence-corrected chi connectivity index (χ1v) is 10.4. The van der Waals surface area contributed by atoms with E-state index >= 15 is 0 Å². The van der Waals surface area contributed by atoms with E-state index in [2.05, 4.69) is 0 Å². The van der Waals surface area contributed by atoms with Gasteiger partial charge in [-0.3, -0.25) is 4.79 Å². The summed E-state index contributed by atoms with van der Waals surface area (Å²) in [6.45, 7) is 0.243. The average Bonchev–Trinajstić information content (AvgIpc) is 3.17. The first-order valence-electron chi connectivity index (χ1n) is 7.80. The zero-order valence-electron chi connectivity index (χ0n) is 13.3. The quantitative estimate of drug-likeness (QED) is 0.770. The van der Waals surface area contributed by atoms with Gasteiger partial charge < -0.3 is 9.32 Å². The van der Waals surface area contributed by atoms with Gasteiger partial charge in [-0.2, -0.15) is 0 Å². The number of furan rings is 1. The Morgan fingerprint density at radius 2 is 2.04 bits per heavy atom. The van der Waals surface area contributed by atoms with E-state index in [1.807, 2.05) is 0 Å². The third kappa shape index (κ3) is 4.57. The molecule has 0 aliphatic carbocycles. The number of nitrogens with zero attached hydrogens (tertiary/aromatic N) is 1. The van der Waals surface area contributed by atoms with Gasteiger partial charge in [0, 0.05) is 6.04 Å². The van der Waals surface area contributed by atoms with E-state index in [0.29, 0.717) is 22.2 Å². The third-order valence-electron chi connectivity index (χ3n) is 4.22. The van der Waals surface area contributed by atoms with Crippen molar-refractivity contribution in [1.82, 2.24) is 4.90 Å². The zero-order valence-corrected chi connectivity index (χ0v) is 15.6. The summed E-state index contributed by atoms with van der Waals surface area (Å²) in [6, 6.07) is 8.19. The van der Waals surface area contributed by atoms with Gasteiger partial charge in [0.15, 0.2) is 9.84 Å². The molecule has 134 valence electrons. The second-order valence-electron chi connectivity index (χ2n) is 6.08. The molecule has 1 aliphatic heterocycles. The van der Waals surface area contributed by atoms with Crippen LogP contribution in [0, 0.1) is 0 Å². The predicted octanol–water partition coefficient (Wildman–Crippen LogP) is 3.34. The van der Waals surface area contributed by atoms with Crippen LogP contribution < -0.4 is 0 Å². The lowest BCUT2D eigenvalue weighted by atomic mass is 10.1. The van der Waals surface area contributed by atoms with Crippen molar-refractivity contribution in [3.8, 4) is 0 Å². The van der Waals surface area contributed by atoms with Gasteiger partial charge in [-0.1, -0.05) is 29.3 Å². The van der Waals surface area contributed by atoms with E-state index in [1.165, 1.54) is 6.26 Å². The van der Waals surface area contributed by atoms with Gasteiger partial charge in [-0.15, -0.1) is 0 Å². The molecule has 1 aromatic carbocycles. The fraction of sp³-hybridized carbons (Fsp3) is 0.353. The van der Waals surface area contributed by atoms with E-state index in [-0.39, 0.29) is 36.4 Å². The van der Waals surface area contributed by atoms with Gasteiger partial charge in [-0.25, -0.2) is 8.42 Å². The Bertz CT molecular complexity index is 865. The molecule has 3 rings (SSSR count). The molecule has 8 heteroatoms. The lowest BCUT2D eigenvalue weighted by Crippen LogP contribution is -2.41. The number of hydrogen-bond acceptors (Lipinski definition) is 4. The molecule has 0 unspecified atom stereocenters. The van der Waals surface area contributed by atoms with Crippen molar-refractivity contribution in [1.29, 1.82) is 0 Å². The maximum absolute atomic E-state index is 12.8. The van der Waals surface area contributed by atoms with Gasteiger partial charge in [0.1, 0.15) is 5.76 Å². The molecular formula is C17H17Cl2NO4S. The van der Waals surface area contributed by atoms with E-state index < -0.39 is 9.84 Å². The van der Waals surface area contributed by atoms with Gasteiger partial charge in [-0.05, 0) is 36.2 Å². The van der Waals surface area contributed by atoms with Crippen LogP contribution in [0.1, 0.15) is 17.7 Å². The minimum absolute atomic E-state index is 0.0131. The second-order valence-corrected chi connectivity index (χ2v) is 9.13. The van der Waals surface area contributed by atoms with Crippen molar-refractivity contribution in [3.05, 3.63) is 58.0 Å². The summed E-state index contributed by atoms with van der Waals surface area (Å²) in [5.41, 5.74) is 0.727. The van der Waals surface area contributed by atoms with Crippen LogP contribution in [0.5, 0.6) is 0 Å². The Labute approximate surface area is 156 Å². The van der Waals surface area contributed by atoms with Crippen molar-refractivity contribution in [2.75, 3.05) is 11.5 Å². The standard InChI is InChI=1S/C17H17Cl2NO4S/c18-15-4-3-12(8-16(15)19)9-17(21)20(10-14-2-1-6-24-14)13-5-7-25(22,23)11-13/h1-4,6,8,13H,5,7,9-11H2/t13-/m1/s1. The Morgan fingerprint density at radius 3 is 2.64 bits per heavy atom. The summed E-state index contributed by atoms with van der Waals surface area (Å²) in [6.07, 6.45) is 2.09. The smallest absolute Gasteiger partial charge is 0.227 e. The van der Waals surface area contributed by atoms with Gasteiger partial charge >= 0.3 is 0 Å². The lowest BCUT2D eigenvalue weighted by Gasteiger charge is -2.27. The Morgan fingerprint density at radius 1 is 1.24 bits per heavy atom. The topological polar surface area (TPSA) is 67.6 Å². The SMILES string of the molecule is O=C(Cc1ccc(Cl)c(Cl)c1)N(Cc1ccco1)[C@@H]1CCS(=O)(=O)C1. The van der Waals surface area contributed by atoms with Crippen LogP contribution in [-0.4, -0.2) is 36.8 Å². The highest BCUT2D eigenvalue weighted by atomic mass is 35.5. The molecule has 25 heavy (non-hydrogen) atoms. The Hall–Kier alpha value is -1.50. The molecular weight excluding hydrogens is 385 g/mol. The molecule has 1 aromatic heterocycles. The van der Waals surface area contributed by atoms with E-state index in [4.69, 9.17) is 27.6 Å². The van der Waals surface area contributed by atoms with Crippen molar-refractivity contribution >= 4 is 38.9 Å². The number of carbonyl (C=O) groups is 1. The van der Waals surface area contributed by atoms with Crippen LogP contribution in [0.15, 0.2) is 41.0 Å². The van der Waals surface area contributed by atoms with Gasteiger partial charge in [0.05, 0.1) is 40.8 Å². The molecule has 1 amide bonds. The molecule has 0 bridgehead atoms. The number of sulfone groups is 1. The molecule has 1 atom stereocenters. The first-order chi connectivity index (χ1) is 11.8. The van der Waals surface area contributed by atoms with Gasteiger partial charge in [0.2, 0.25) is 5.91 Å². The minimum Gasteiger partial charge on any atom is -0.467 e. The van der Waals surface area contributed by atoms with Crippen molar-refractivity contribution in [2.24, 2.45) is 0 Å². The number of halogens is 2. The van der Waals surface area contributed by atoms with E-state index in [9.17, 15) is 13.2 Å². The summed E-state index contributed by atoms with van der Waals surface area (Å²) in [5.74, 6) is 0.538. The van der Waals surface area contributed by atoms with Crippen molar-refractivity contribution in [3.63, 3.8) is 0 Å². The maximum Gasteiger partial charge on any atom is 0.227 e. The van der Waals surface area contributed by atoms with Crippen LogP contribution in [0.4, 0.5) is 0 Å². The van der Waals surface area contributed by atoms with Gasteiger partial charge in [0.25, 0.3) is 0 Å². The summed E-state index contributed by atoms with van der Waals surface area (Å²) in [5, 5.41) is 0.806. The third-order valence-corrected chi connectivity index (χ3v) is 6.70. The van der Waals surface area contributed by atoms with Crippen LogP contribution in [-0.2, 0) is 27.6 Å². The fourth-order valence-electron chi connectivity index (χ4n) is 2.94. The minimum atomic E-state index is -3.10. The molecule has 2 heterocycles. The average molecular weight is 402 g/mol. The summed E-state index contributed by atoms with van der Waals surface area (Å²) < 4.78 is 29.0. The van der Waals surface area contributed by atoms with Crippen LogP contribution >= 0.6 is 23.2 Å².